The van der Waals surface area contributed by atoms with Crippen LogP contribution in [0, 0.1) is 0 Å². The molecule has 2 atom stereocenters. The molecule has 3 aliphatic heterocycles. The van der Waals surface area contributed by atoms with Gasteiger partial charge in [-0.1, -0.05) is 36.9 Å². The maximum Gasteiger partial charge on any atom is 0.278 e. The van der Waals surface area contributed by atoms with E-state index in [2.05, 4.69) is 29.0 Å². The van der Waals surface area contributed by atoms with E-state index in [-0.39, 0.29) is 23.8 Å². The second-order valence-electron chi connectivity index (χ2n) is 9.15. The monoisotopic (exact) mass is 472 g/mol. The number of allylic oxidation sites excluding steroid dienone is 1. The van der Waals surface area contributed by atoms with Gasteiger partial charge in [-0.3, -0.25) is 24.2 Å². The molecule has 0 saturated carbocycles. The Morgan fingerprint density at radius 1 is 1.09 bits per heavy atom. The minimum absolute atomic E-state index is 0.161. The van der Waals surface area contributed by atoms with Crippen LogP contribution in [0.25, 0.3) is 0 Å². The standard InChI is InChI=1S/C27H28N4O4/c1-17-11-12-24(26(33)28-17)31-25(32)14-23(27(31)34)29-20-8-6-7-19(13-20)18(2)30-15-22(16-30)35-21-9-4-3-5-10-21/h3-10,13-14,18,22,24,29H,1,11-12,15-16H2,2H3,(H,28,33). The number of para-hydroxylation sites is 1. The molecule has 8 nitrogen and oxygen atoms in total. The van der Waals surface area contributed by atoms with E-state index in [0.29, 0.717) is 24.2 Å². The fraction of sp³-hybridized carbons (Fsp3) is 0.296. The summed E-state index contributed by atoms with van der Waals surface area (Å²) in [6.07, 6.45) is 2.33. The molecule has 2 aromatic rings. The fourth-order valence-electron chi connectivity index (χ4n) is 4.67. The first-order valence-electron chi connectivity index (χ1n) is 11.8. The number of benzene rings is 2. The maximum atomic E-state index is 13.0. The van der Waals surface area contributed by atoms with Gasteiger partial charge in [-0.25, -0.2) is 0 Å². The average Bonchev–Trinajstić information content (AvgIpc) is 3.09. The Hall–Kier alpha value is -3.91. The van der Waals surface area contributed by atoms with E-state index in [1.54, 1.807) is 0 Å². The predicted octanol–water partition coefficient (Wildman–Crippen LogP) is 2.97. The molecule has 2 aromatic carbocycles. The van der Waals surface area contributed by atoms with Crippen LogP contribution < -0.4 is 15.4 Å². The van der Waals surface area contributed by atoms with E-state index in [4.69, 9.17) is 4.74 Å². The second-order valence-corrected chi connectivity index (χ2v) is 9.15. The Morgan fingerprint density at radius 2 is 1.86 bits per heavy atom. The molecule has 2 unspecified atom stereocenters. The van der Waals surface area contributed by atoms with E-state index >= 15 is 0 Å². The summed E-state index contributed by atoms with van der Waals surface area (Å²) in [6.45, 7) is 7.54. The van der Waals surface area contributed by atoms with Crippen molar-refractivity contribution in [3.8, 4) is 5.75 Å². The van der Waals surface area contributed by atoms with E-state index < -0.39 is 17.9 Å². The van der Waals surface area contributed by atoms with Crippen LogP contribution in [0.15, 0.2) is 78.6 Å². The number of piperidine rings is 1. The number of rotatable bonds is 7. The Bertz CT molecular complexity index is 1200. The highest BCUT2D eigenvalue weighted by molar-refractivity contribution is 6.19. The summed E-state index contributed by atoms with van der Waals surface area (Å²) in [7, 11) is 0. The Morgan fingerprint density at radius 3 is 2.60 bits per heavy atom. The molecule has 2 N–H and O–H groups in total. The van der Waals surface area contributed by atoms with Crippen molar-refractivity contribution in [1.82, 2.24) is 15.1 Å². The van der Waals surface area contributed by atoms with Gasteiger partial charge < -0.3 is 15.4 Å². The molecule has 3 amide bonds. The normalized spacial score (nSPS) is 21.9. The molecule has 5 rings (SSSR count). The van der Waals surface area contributed by atoms with E-state index in [1.165, 1.54) is 6.08 Å². The van der Waals surface area contributed by atoms with E-state index in [0.717, 1.165) is 29.3 Å². The summed E-state index contributed by atoms with van der Waals surface area (Å²) in [5, 5.41) is 5.72. The summed E-state index contributed by atoms with van der Waals surface area (Å²) < 4.78 is 6.01. The Kier molecular flexibility index (Phi) is 6.13. The number of amides is 3. The van der Waals surface area contributed by atoms with Gasteiger partial charge in [-0.05, 0) is 49.6 Å². The lowest BCUT2D eigenvalue weighted by Gasteiger charge is -2.43. The molecule has 3 heterocycles. The number of ether oxygens (including phenoxy) is 1. The molecule has 0 radical (unpaired) electrons. The first-order chi connectivity index (χ1) is 16.9. The molecule has 35 heavy (non-hydrogen) atoms. The zero-order chi connectivity index (χ0) is 24.5. The summed E-state index contributed by atoms with van der Waals surface area (Å²) in [6, 6.07) is 17.0. The van der Waals surface area contributed by atoms with Crippen molar-refractivity contribution in [1.29, 1.82) is 0 Å². The second kappa shape index (κ2) is 9.38. The lowest BCUT2D eigenvalue weighted by atomic mass is 10.0. The van der Waals surface area contributed by atoms with Crippen molar-refractivity contribution < 1.29 is 19.1 Å². The Balaban J connectivity index is 1.20. The lowest BCUT2D eigenvalue weighted by molar-refractivity contribution is -0.146. The fourth-order valence-corrected chi connectivity index (χ4v) is 4.67. The number of nitrogens with one attached hydrogen (secondary N) is 2. The van der Waals surface area contributed by atoms with Crippen LogP contribution in [0.5, 0.6) is 5.75 Å². The molecule has 8 heteroatoms. The van der Waals surface area contributed by atoms with Crippen molar-refractivity contribution in [3.63, 3.8) is 0 Å². The molecule has 0 aromatic heterocycles. The quantitative estimate of drug-likeness (QED) is 0.602. The topological polar surface area (TPSA) is 91.0 Å². The molecule has 0 bridgehead atoms. The van der Waals surface area contributed by atoms with Crippen LogP contribution in [-0.2, 0) is 14.4 Å². The van der Waals surface area contributed by atoms with Crippen molar-refractivity contribution in [2.45, 2.75) is 38.0 Å². The number of carbonyl (C=O) groups is 3. The minimum atomic E-state index is -0.820. The SMILES string of the molecule is C=C1CCC(N2C(=O)C=C(Nc3cccc(C(C)N4CC(Oc5ccccc5)C4)c3)C2=O)C(=O)N1. The minimum Gasteiger partial charge on any atom is -0.488 e. The van der Waals surface area contributed by atoms with Crippen molar-refractivity contribution in [3.05, 3.63) is 84.2 Å². The van der Waals surface area contributed by atoms with Gasteiger partial charge in [0, 0.05) is 36.6 Å². The van der Waals surface area contributed by atoms with E-state index in [9.17, 15) is 14.4 Å². The summed E-state index contributed by atoms with van der Waals surface area (Å²) in [5.41, 5.74) is 2.57. The third-order valence-electron chi connectivity index (χ3n) is 6.71. The van der Waals surface area contributed by atoms with Gasteiger partial charge in [0.05, 0.1) is 0 Å². The summed E-state index contributed by atoms with van der Waals surface area (Å²) >= 11 is 0. The maximum absolute atomic E-state index is 13.0. The van der Waals surface area contributed by atoms with Crippen LogP contribution in [0.4, 0.5) is 5.69 Å². The first-order valence-corrected chi connectivity index (χ1v) is 11.8. The lowest BCUT2D eigenvalue weighted by Crippen LogP contribution is -2.54. The molecule has 0 spiro atoms. The van der Waals surface area contributed by atoms with Crippen molar-refractivity contribution in [2.75, 3.05) is 18.4 Å². The molecular weight excluding hydrogens is 444 g/mol. The van der Waals surface area contributed by atoms with Gasteiger partial charge in [-0.2, -0.15) is 0 Å². The van der Waals surface area contributed by atoms with Crippen LogP contribution in [0.3, 0.4) is 0 Å². The smallest absolute Gasteiger partial charge is 0.278 e. The number of hydrogen-bond donors (Lipinski definition) is 2. The Labute approximate surface area is 204 Å². The number of anilines is 1. The zero-order valence-corrected chi connectivity index (χ0v) is 19.6. The number of nitrogens with zero attached hydrogens (tertiary/aromatic N) is 2. The largest absolute Gasteiger partial charge is 0.488 e. The number of hydrogen-bond acceptors (Lipinski definition) is 6. The van der Waals surface area contributed by atoms with Crippen LogP contribution >= 0.6 is 0 Å². The van der Waals surface area contributed by atoms with Gasteiger partial charge in [0.2, 0.25) is 5.91 Å². The molecule has 2 fully saturated rings. The van der Waals surface area contributed by atoms with Crippen molar-refractivity contribution >= 4 is 23.4 Å². The molecular formula is C27H28N4O4. The molecule has 2 saturated heterocycles. The van der Waals surface area contributed by atoms with Gasteiger partial charge >= 0.3 is 0 Å². The average molecular weight is 473 g/mol. The van der Waals surface area contributed by atoms with E-state index in [1.807, 2.05) is 54.6 Å². The third-order valence-corrected chi connectivity index (χ3v) is 6.71. The predicted molar refractivity (Wildman–Crippen MR) is 131 cm³/mol. The molecule has 180 valence electrons. The molecule has 0 aliphatic carbocycles. The number of likely N-dealkylation sites (tertiary alicyclic amines) is 1. The number of carbonyl (C=O) groups excluding carboxylic acids is 3. The highest BCUT2D eigenvalue weighted by Crippen LogP contribution is 2.30. The first kappa shape index (κ1) is 22.9. The van der Waals surface area contributed by atoms with Crippen LogP contribution in [-0.4, -0.2) is 52.8 Å². The van der Waals surface area contributed by atoms with Gasteiger partial charge in [0.25, 0.3) is 11.8 Å². The van der Waals surface area contributed by atoms with Crippen molar-refractivity contribution in [2.24, 2.45) is 0 Å². The molecule has 3 aliphatic rings. The van der Waals surface area contributed by atoms with Crippen LogP contribution in [0.1, 0.15) is 31.4 Å². The van der Waals surface area contributed by atoms with Crippen LogP contribution in [0.2, 0.25) is 0 Å². The zero-order valence-electron chi connectivity index (χ0n) is 19.6. The summed E-state index contributed by atoms with van der Waals surface area (Å²) in [4.78, 5) is 41.2. The van der Waals surface area contributed by atoms with Gasteiger partial charge in [0.15, 0.2) is 0 Å². The number of imide groups is 1. The highest BCUT2D eigenvalue weighted by Gasteiger charge is 2.41. The van der Waals surface area contributed by atoms with Gasteiger partial charge in [-0.15, -0.1) is 0 Å². The summed E-state index contributed by atoms with van der Waals surface area (Å²) in [5.74, 6) is -0.480. The highest BCUT2D eigenvalue weighted by atomic mass is 16.5. The third kappa shape index (κ3) is 4.70. The van der Waals surface area contributed by atoms with Gasteiger partial charge in [0.1, 0.15) is 23.6 Å².